The second-order valence-electron chi connectivity index (χ2n) is 1.63. The van der Waals surface area contributed by atoms with Crippen molar-refractivity contribution in [2.24, 2.45) is 0 Å². The van der Waals surface area contributed by atoms with Crippen LogP contribution in [0.15, 0.2) is 11.8 Å². The maximum atomic E-state index is 2.96. The first-order valence-corrected chi connectivity index (χ1v) is 3.64. The van der Waals surface area contributed by atoms with Gasteiger partial charge in [0.05, 0.1) is 0 Å². The van der Waals surface area contributed by atoms with Gasteiger partial charge in [-0.3, -0.25) is 0 Å². The third kappa shape index (κ3) is 11.2. The second-order valence-corrected chi connectivity index (χ2v) is 1.63. The Balaban J connectivity index is 0. The Kier molecular flexibility index (Phi) is 13.3. The summed E-state index contributed by atoms with van der Waals surface area (Å²) in [6.45, 7) is 8.25. The van der Waals surface area contributed by atoms with E-state index in [0.29, 0.717) is 0 Å². The van der Waals surface area contributed by atoms with Crippen LogP contribution in [0.4, 0.5) is 0 Å². The molecule has 0 aromatic carbocycles. The molecule has 0 radical (unpaired) electrons. The molecule has 0 unspecified atom stereocenters. The molecule has 0 aliphatic rings. The van der Waals surface area contributed by atoms with Crippen molar-refractivity contribution in [1.29, 1.82) is 0 Å². The maximum Gasteiger partial charge on any atom is 0.00276 e. The average molecular weight is 129 g/mol. The van der Waals surface area contributed by atoms with Crippen LogP contribution in [0.25, 0.3) is 0 Å². The van der Waals surface area contributed by atoms with Crippen molar-refractivity contribution in [1.82, 2.24) is 5.32 Å². The van der Waals surface area contributed by atoms with E-state index in [1.165, 1.54) is 5.57 Å². The van der Waals surface area contributed by atoms with Crippen LogP contribution >= 0.6 is 0 Å². The number of allylic oxidation sites excluding steroid dienone is 1. The van der Waals surface area contributed by atoms with E-state index < -0.39 is 0 Å². The zero-order chi connectivity index (χ0) is 7.70. The first kappa shape index (κ1) is 11.4. The molecule has 0 aromatic heterocycles. The Morgan fingerprint density at radius 2 is 1.89 bits per heavy atom. The van der Waals surface area contributed by atoms with E-state index in [1.807, 2.05) is 27.1 Å². The van der Waals surface area contributed by atoms with Crippen molar-refractivity contribution < 1.29 is 0 Å². The Hall–Kier alpha value is -0.460. The molecule has 0 saturated carbocycles. The van der Waals surface area contributed by atoms with Crippen LogP contribution in [0, 0.1) is 0 Å². The minimum atomic E-state index is 1.14. The molecule has 56 valence electrons. The fraction of sp³-hybridized carbons (Fsp3) is 0.750. The van der Waals surface area contributed by atoms with Crippen molar-refractivity contribution in [3.05, 3.63) is 11.8 Å². The summed E-state index contributed by atoms with van der Waals surface area (Å²) in [5, 5.41) is 2.96. The minimum Gasteiger partial charge on any atom is -0.394 e. The monoisotopic (exact) mass is 129 g/mol. The van der Waals surface area contributed by atoms with Gasteiger partial charge in [-0.15, -0.1) is 0 Å². The van der Waals surface area contributed by atoms with Crippen LogP contribution in [0.5, 0.6) is 0 Å². The quantitative estimate of drug-likeness (QED) is 0.604. The van der Waals surface area contributed by atoms with Crippen molar-refractivity contribution in [2.75, 3.05) is 7.05 Å². The fourth-order valence-corrected chi connectivity index (χ4v) is 0.348. The molecule has 0 aromatic rings. The van der Waals surface area contributed by atoms with Crippen molar-refractivity contribution in [2.45, 2.75) is 34.1 Å². The van der Waals surface area contributed by atoms with Crippen LogP contribution in [-0.2, 0) is 0 Å². The van der Waals surface area contributed by atoms with Crippen LogP contribution < -0.4 is 5.32 Å². The summed E-state index contributed by atoms with van der Waals surface area (Å²) in [4.78, 5) is 0. The fourth-order valence-electron chi connectivity index (χ4n) is 0.348. The summed E-state index contributed by atoms with van der Waals surface area (Å²) in [5.41, 5.74) is 1.39. The molecule has 0 saturated heterocycles. The van der Waals surface area contributed by atoms with Gasteiger partial charge in [-0.1, -0.05) is 26.3 Å². The second kappa shape index (κ2) is 10.5. The molecule has 0 rings (SSSR count). The highest BCUT2D eigenvalue weighted by atomic mass is 14.8. The summed E-state index contributed by atoms with van der Waals surface area (Å²) in [6.07, 6.45) is 3.15. The van der Waals surface area contributed by atoms with Gasteiger partial charge < -0.3 is 5.32 Å². The van der Waals surface area contributed by atoms with E-state index in [4.69, 9.17) is 0 Å². The van der Waals surface area contributed by atoms with E-state index in [2.05, 4.69) is 19.2 Å². The summed E-state index contributed by atoms with van der Waals surface area (Å²) >= 11 is 0. The maximum absolute atomic E-state index is 2.96. The predicted octanol–water partition coefficient (Wildman–Crippen LogP) is 2.55. The summed E-state index contributed by atoms with van der Waals surface area (Å²) in [5.74, 6) is 0. The molecule has 1 heteroatoms. The Morgan fingerprint density at radius 3 is 2.00 bits per heavy atom. The Morgan fingerprint density at radius 1 is 1.44 bits per heavy atom. The molecule has 0 spiro atoms. The topological polar surface area (TPSA) is 12.0 Å². The van der Waals surface area contributed by atoms with Crippen LogP contribution in [0.2, 0.25) is 0 Å². The molecule has 0 aliphatic carbocycles. The number of hydrogen-bond acceptors (Lipinski definition) is 1. The first-order chi connectivity index (χ1) is 4.31. The lowest BCUT2D eigenvalue weighted by Crippen LogP contribution is -1.93. The molecular weight excluding hydrogens is 110 g/mol. The molecule has 0 heterocycles. The van der Waals surface area contributed by atoms with Crippen LogP contribution in [0.1, 0.15) is 34.1 Å². The van der Waals surface area contributed by atoms with Gasteiger partial charge in [-0.25, -0.2) is 0 Å². The van der Waals surface area contributed by atoms with Crippen molar-refractivity contribution in [3.63, 3.8) is 0 Å². The minimum absolute atomic E-state index is 1.14. The number of hydrogen-bond donors (Lipinski definition) is 1. The first-order valence-electron chi connectivity index (χ1n) is 3.64. The molecule has 0 aliphatic heterocycles. The van der Waals surface area contributed by atoms with Crippen LogP contribution in [0.3, 0.4) is 0 Å². The zero-order valence-corrected chi connectivity index (χ0v) is 7.28. The molecule has 1 N–H and O–H groups in total. The van der Waals surface area contributed by atoms with Gasteiger partial charge in [-0.05, 0) is 19.5 Å². The summed E-state index contributed by atoms with van der Waals surface area (Å²) in [7, 11) is 1.92. The Bertz CT molecular complexity index is 65.0. The molecule has 1 nitrogen and oxygen atoms in total. The van der Waals surface area contributed by atoms with E-state index >= 15 is 0 Å². The van der Waals surface area contributed by atoms with E-state index in [1.54, 1.807) is 0 Å². The van der Waals surface area contributed by atoms with Gasteiger partial charge in [0, 0.05) is 7.05 Å². The average Bonchev–Trinajstić information content (AvgIpc) is 1.93. The number of rotatable bonds is 2. The van der Waals surface area contributed by atoms with Crippen LogP contribution in [-0.4, -0.2) is 7.05 Å². The molecule has 0 bridgehead atoms. The van der Waals surface area contributed by atoms with Gasteiger partial charge >= 0.3 is 0 Å². The molecule has 0 amide bonds. The highest BCUT2D eigenvalue weighted by Crippen LogP contribution is 1.93. The smallest absolute Gasteiger partial charge is 0.00276 e. The third-order valence-electron chi connectivity index (χ3n) is 0.948. The standard InChI is InChI=1S/C6H13N.C2H6/c1-4-6(2)5-7-3;1-2/h5,7H,4H2,1-3H3;1-2H3/b6-5+;. The van der Waals surface area contributed by atoms with E-state index in [0.717, 1.165) is 6.42 Å². The molecule has 0 fully saturated rings. The molecule has 9 heavy (non-hydrogen) atoms. The lowest BCUT2D eigenvalue weighted by atomic mass is 10.3. The number of nitrogens with one attached hydrogen (secondary N) is 1. The predicted molar refractivity (Wildman–Crippen MR) is 44.5 cm³/mol. The molecular formula is C8H19N. The van der Waals surface area contributed by atoms with Gasteiger partial charge in [0.1, 0.15) is 0 Å². The summed E-state index contributed by atoms with van der Waals surface area (Å²) < 4.78 is 0. The summed E-state index contributed by atoms with van der Waals surface area (Å²) in [6, 6.07) is 0. The van der Waals surface area contributed by atoms with Crippen molar-refractivity contribution in [3.8, 4) is 0 Å². The SMILES string of the molecule is CC.CC/C(C)=C/NC. The highest BCUT2D eigenvalue weighted by Gasteiger charge is 1.76. The van der Waals surface area contributed by atoms with E-state index in [9.17, 15) is 0 Å². The normalized spacial score (nSPS) is 9.67. The zero-order valence-electron chi connectivity index (χ0n) is 7.28. The third-order valence-corrected chi connectivity index (χ3v) is 0.948. The van der Waals surface area contributed by atoms with Crippen molar-refractivity contribution >= 4 is 0 Å². The Labute approximate surface area is 59.2 Å². The lowest BCUT2D eigenvalue weighted by molar-refractivity contribution is 1.01. The van der Waals surface area contributed by atoms with Gasteiger partial charge in [-0.2, -0.15) is 0 Å². The highest BCUT2D eigenvalue weighted by molar-refractivity contribution is 4.93. The van der Waals surface area contributed by atoms with Gasteiger partial charge in [0.15, 0.2) is 0 Å². The van der Waals surface area contributed by atoms with Gasteiger partial charge in [0.2, 0.25) is 0 Å². The lowest BCUT2D eigenvalue weighted by Gasteiger charge is -1.91. The molecule has 0 atom stereocenters. The van der Waals surface area contributed by atoms with E-state index in [-0.39, 0.29) is 0 Å². The van der Waals surface area contributed by atoms with Gasteiger partial charge in [0.25, 0.3) is 0 Å². The largest absolute Gasteiger partial charge is 0.394 e.